The average Bonchev–Trinajstić information content (AvgIpc) is 3.33. The Hall–Kier alpha value is -3.30. The quantitative estimate of drug-likeness (QED) is 0.431. The summed E-state index contributed by atoms with van der Waals surface area (Å²) >= 11 is 0. The van der Waals surface area contributed by atoms with Crippen LogP contribution in [0.25, 0.3) is 5.69 Å². The van der Waals surface area contributed by atoms with Crippen LogP contribution >= 0.6 is 0 Å². The summed E-state index contributed by atoms with van der Waals surface area (Å²) in [5.41, 5.74) is 5.16. The first kappa shape index (κ1) is 22.4. The lowest BCUT2D eigenvalue weighted by atomic mass is 10.1. The van der Waals surface area contributed by atoms with Crippen molar-refractivity contribution in [1.29, 1.82) is 0 Å². The second-order valence-corrected chi connectivity index (χ2v) is 8.71. The Morgan fingerprint density at radius 2 is 1.81 bits per heavy atom. The molecule has 0 unspecified atom stereocenters. The molecular formula is C22H25N5O3S. The van der Waals surface area contributed by atoms with Crippen LogP contribution in [0, 0.1) is 0 Å². The summed E-state index contributed by atoms with van der Waals surface area (Å²) in [6, 6.07) is 13.6. The van der Waals surface area contributed by atoms with Crippen molar-refractivity contribution < 1.29 is 13.2 Å². The van der Waals surface area contributed by atoms with E-state index in [0.717, 1.165) is 11.3 Å². The highest BCUT2D eigenvalue weighted by Gasteiger charge is 2.22. The van der Waals surface area contributed by atoms with Crippen molar-refractivity contribution in [2.75, 3.05) is 13.1 Å². The molecule has 0 bridgehead atoms. The highest BCUT2D eigenvalue weighted by Crippen LogP contribution is 2.17. The van der Waals surface area contributed by atoms with Crippen LogP contribution in [0.1, 0.15) is 36.7 Å². The predicted octanol–water partition coefficient (Wildman–Crippen LogP) is 3.06. The Balaban J connectivity index is 1.73. The molecular weight excluding hydrogens is 414 g/mol. The molecule has 162 valence electrons. The summed E-state index contributed by atoms with van der Waals surface area (Å²) in [6.07, 6.45) is 5.27. The molecule has 31 heavy (non-hydrogen) atoms. The number of carbonyl (C=O) groups is 1. The van der Waals surface area contributed by atoms with Gasteiger partial charge in [0.25, 0.3) is 5.91 Å². The molecule has 3 rings (SSSR count). The van der Waals surface area contributed by atoms with Crippen LogP contribution in [0.3, 0.4) is 0 Å². The number of nitrogens with zero attached hydrogens (tertiary/aromatic N) is 4. The largest absolute Gasteiger partial charge is 0.306 e. The van der Waals surface area contributed by atoms with Gasteiger partial charge in [0.15, 0.2) is 0 Å². The normalized spacial score (nSPS) is 12.2. The monoisotopic (exact) mass is 439 g/mol. The number of benzene rings is 2. The summed E-state index contributed by atoms with van der Waals surface area (Å²) in [5.74, 6) is -0.481. The molecule has 2 aromatic carbocycles. The zero-order chi connectivity index (χ0) is 22.4. The van der Waals surface area contributed by atoms with Gasteiger partial charge in [-0.05, 0) is 42.8 Å². The van der Waals surface area contributed by atoms with Gasteiger partial charge < -0.3 is 4.57 Å². The van der Waals surface area contributed by atoms with Gasteiger partial charge in [0.2, 0.25) is 10.0 Å². The summed E-state index contributed by atoms with van der Waals surface area (Å²) in [4.78, 5) is 16.6. The molecule has 8 nitrogen and oxygen atoms in total. The van der Waals surface area contributed by atoms with Crippen LogP contribution < -0.4 is 5.43 Å². The number of carbonyl (C=O) groups excluding carboxylic acids is 1. The van der Waals surface area contributed by atoms with E-state index < -0.39 is 15.9 Å². The highest BCUT2D eigenvalue weighted by molar-refractivity contribution is 7.89. The molecule has 0 radical (unpaired) electrons. The molecule has 0 aliphatic rings. The molecule has 1 aromatic heterocycles. The fourth-order valence-corrected chi connectivity index (χ4v) is 4.57. The van der Waals surface area contributed by atoms with Crippen LogP contribution in [-0.2, 0) is 10.0 Å². The first-order chi connectivity index (χ1) is 14.9. The minimum absolute atomic E-state index is 0.0830. The fourth-order valence-electron chi connectivity index (χ4n) is 3.06. The third-order valence-corrected chi connectivity index (χ3v) is 6.90. The summed E-state index contributed by atoms with van der Waals surface area (Å²) in [5, 5.41) is 4.16. The zero-order valence-electron chi connectivity index (χ0n) is 17.7. The molecule has 1 N–H and O–H groups in total. The van der Waals surface area contributed by atoms with Gasteiger partial charge in [-0.3, -0.25) is 4.79 Å². The number of nitrogens with one attached hydrogen (secondary N) is 1. The predicted molar refractivity (Wildman–Crippen MR) is 120 cm³/mol. The molecule has 0 aliphatic carbocycles. The van der Waals surface area contributed by atoms with Crippen molar-refractivity contribution >= 4 is 21.6 Å². The third-order valence-electron chi connectivity index (χ3n) is 4.85. The van der Waals surface area contributed by atoms with Gasteiger partial charge in [-0.1, -0.05) is 32.0 Å². The Morgan fingerprint density at radius 3 is 2.42 bits per heavy atom. The van der Waals surface area contributed by atoms with Gasteiger partial charge in [-0.2, -0.15) is 9.41 Å². The van der Waals surface area contributed by atoms with Gasteiger partial charge in [0.05, 0.1) is 16.9 Å². The lowest BCUT2D eigenvalue weighted by Gasteiger charge is -2.18. The van der Waals surface area contributed by atoms with Crippen molar-refractivity contribution in [1.82, 2.24) is 19.3 Å². The smallest absolute Gasteiger partial charge is 0.271 e. The number of hydrogen-bond donors (Lipinski definition) is 1. The van der Waals surface area contributed by atoms with Crippen molar-refractivity contribution in [3.8, 4) is 5.69 Å². The van der Waals surface area contributed by atoms with E-state index in [1.54, 1.807) is 45.4 Å². The van der Waals surface area contributed by atoms with E-state index in [1.807, 2.05) is 35.0 Å². The van der Waals surface area contributed by atoms with Crippen LogP contribution in [-0.4, -0.2) is 47.0 Å². The number of amides is 1. The number of aromatic nitrogens is 2. The lowest BCUT2D eigenvalue weighted by molar-refractivity contribution is 0.0954. The maximum absolute atomic E-state index is 12.7. The molecule has 0 aliphatic heterocycles. The van der Waals surface area contributed by atoms with E-state index >= 15 is 0 Å². The second-order valence-electron chi connectivity index (χ2n) is 6.77. The average molecular weight is 440 g/mol. The number of hydrazone groups is 1. The van der Waals surface area contributed by atoms with E-state index in [9.17, 15) is 13.2 Å². The molecule has 1 heterocycles. The molecule has 0 saturated heterocycles. The molecule has 0 saturated carbocycles. The Labute approximate surface area is 182 Å². The SMILES string of the molecule is CCN(CC)S(=O)(=O)c1cccc(C(=O)NN=C(C)c2ccc(-n3ccnc3)cc2)c1. The van der Waals surface area contributed by atoms with Crippen LogP contribution in [0.15, 0.2) is 77.2 Å². The molecule has 3 aromatic rings. The standard InChI is InChI=1S/C22H25N5O3S/c1-4-27(5-2)31(29,30)21-8-6-7-19(15-21)22(28)25-24-17(3)18-9-11-20(12-10-18)26-14-13-23-16-26/h6-16H,4-5H2,1-3H3,(H,25,28). The third kappa shape index (κ3) is 5.07. The molecule has 0 atom stereocenters. The van der Waals surface area contributed by atoms with Gasteiger partial charge in [0.1, 0.15) is 0 Å². The van der Waals surface area contributed by atoms with Gasteiger partial charge in [-0.25, -0.2) is 18.8 Å². The van der Waals surface area contributed by atoms with Gasteiger partial charge in [0, 0.05) is 36.7 Å². The Kier molecular flexibility index (Phi) is 6.98. The molecule has 1 amide bonds. The van der Waals surface area contributed by atoms with E-state index in [1.165, 1.54) is 16.4 Å². The van der Waals surface area contributed by atoms with Crippen molar-refractivity contribution in [2.24, 2.45) is 5.10 Å². The Bertz CT molecular complexity index is 1170. The lowest BCUT2D eigenvalue weighted by Crippen LogP contribution is -2.30. The molecule has 9 heteroatoms. The van der Waals surface area contributed by atoms with Crippen LogP contribution in [0.2, 0.25) is 0 Å². The minimum Gasteiger partial charge on any atom is -0.306 e. The zero-order valence-corrected chi connectivity index (χ0v) is 18.5. The molecule has 0 spiro atoms. The van der Waals surface area contributed by atoms with Gasteiger partial charge in [-0.15, -0.1) is 0 Å². The van der Waals surface area contributed by atoms with Crippen LogP contribution in [0.5, 0.6) is 0 Å². The second kappa shape index (κ2) is 9.67. The van der Waals surface area contributed by atoms with Gasteiger partial charge >= 0.3 is 0 Å². The summed E-state index contributed by atoms with van der Waals surface area (Å²) in [6.45, 7) is 6.05. The number of rotatable bonds is 8. The van der Waals surface area contributed by atoms with E-state index in [4.69, 9.17) is 0 Å². The number of sulfonamides is 1. The fraction of sp³-hybridized carbons (Fsp3) is 0.227. The topological polar surface area (TPSA) is 96.7 Å². The first-order valence-electron chi connectivity index (χ1n) is 9.90. The number of hydrogen-bond acceptors (Lipinski definition) is 5. The van der Waals surface area contributed by atoms with Crippen molar-refractivity contribution in [2.45, 2.75) is 25.7 Å². The van der Waals surface area contributed by atoms with Crippen LogP contribution in [0.4, 0.5) is 0 Å². The van der Waals surface area contributed by atoms with E-state index in [2.05, 4.69) is 15.5 Å². The Morgan fingerprint density at radius 1 is 1.10 bits per heavy atom. The van der Waals surface area contributed by atoms with Crippen molar-refractivity contribution in [3.63, 3.8) is 0 Å². The maximum Gasteiger partial charge on any atom is 0.271 e. The minimum atomic E-state index is -3.64. The highest BCUT2D eigenvalue weighted by atomic mass is 32.2. The maximum atomic E-state index is 12.7. The van der Waals surface area contributed by atoms with E-state index in [0.29, 0.717) is 18.8 Å². The summed E-state index contributed by atoms with van der Waals surface area (Å²) in [7, 11) is -3.64. The van der Waals surface area contributed by atoms with Crippen molar-refractivity contribution in [3.05, 3.63) is 78.4 Å². The number of imidazole rings is 1. The molecule has 0 fully saturated rings. The van der Waals surface area contributed by atoms with E-state index in [-0.39, 0.29) is 10.5 Å². The first-order valence-corrected chi connectivity index (χ1v) is 11.3. The summed E-state index contributed by atoms with van der Waals surface area (Å²) < 4.78 is 28.6.